The SMILES string of the molecule is CC(C)[Si]1(C(C)C)C2=CC(=O)C=CC2=Nc2ccc(O)c(-c3[se]c(I)c(I)c3Br)c21. The van der Waals surface area contributed by atoms with E-state index in [1.807, 2.05) is 18.2 Å². The molecular weight excluding hydrogens is 751 g/mol. The van der Waals surface area contributed by atoms with Crippen LogP contribution in [0, 0.1) is 6.01 Å². The van der Waals surface area contributed by atoms with Gasteiger partial charge in [0.05, 0.1) is 0 Å². The number of carbonyl (C=O) groups excluding carboxylic acids is 1. The van der Waals surface area contributed by atoms with Gasteiger partial charge < -0.3 is 0 Å². The summed E-state index contributed by atoms with van der Waals surface area (Å²) in [4.78, 5) is 17.4. The summed E-state index contributed by atoms with van der Waals surface area (Å²) in [7, 11) is -2.45. The summed E-state index contributed by atoms with van der Waals surface area (Å²) < 4.78 is 4.81. The normalized spacial score (nSPS) is 17.2. The summed E-state index contributed by atoms with van der Waals surface area (Å²) in [5, 5.41) is 13.5. The summed E-state index contributed by atoms with van der Waals surface area (Å²) in [6.45, 7) is 9.08. The molecule has 0 saturated carbocycles. The Kier molecular flexibility index (Phi) is 6.49. The number of rotatable bonds is 3. The zero-order chi connectivity index (χ0) is 22.0. The summed E-state index contributed by atoms with van der Waals surface area (Å²) in [6.07, 6.45) is 5.31. The molecule has 4 rings (SSSR count). The van der Waals surface area contributed by atoms with Crippen LogP contribution in [0.1, 0.15) is 27.7 Å². The molecule has 3 nitrogen and oxygen atoms in total. The van der Waals surface area contributed by atoms with Gasteiger partial charge >= 0.3 is 222 Å². The molecular formula is C22H20BrI2NO2SeSi. The molecule has 2 heterocycles. The molecule has 2 aliphatic rings. The van der Waals surface area contributed by atoms with Crippen molar-refractivity contribution in [2.24, 2.45) is 4.99 Å². The Labute approximate surface area is 219 Å². The Bertz CT molecular complexity index is 1170. The quantitative estimate of drug-likeness (QED) is 0.228. The molecule has 0 saturated heterocycles. The Morgan fingerprint density at radius 1 is 1.13 bits per heavy atom. The summed E-state index contributed by atoms with van der Waals surface area (Å²) in [5.74, 6) is 0.344. The average molecular weight is 771 g/mol. The molecule has 1 aromatic heterocycles. The zero-order valence-corrected chi connectivity index (χ0v) is 25.5. The Morgan fingerprint density at radius 3 is 2.37 bits per heavy atom. The fraction of sp³-hybridized carbons (Fsp3) is 0.273. The minimum absolute atomic E-state index is 0.0310. The number of aliphatic imine (C=N–C) groups is 1. The van der Waals surface area contributed by atoms with Crippen LogP contribution in [-0.4, -0.2) is 39.2 Å². The number of carbonyl (C=O) groups is 1. The van der Waals surface area contributed by atoms with E-state index in [4.69, 9.17) is 4.99 Å². The Morgan fingerprint density at radius 2 is 1.80 bits per heavy atom. The van der Waals surface area contributed by atoms with Crippen LogP contribution in [0.15, 0.2) is 45.0 Å². The van der Waals surface area contributed by atoms with Gasteiger partial charge in [-0.3, -0.25) is 0 Å². The molecule has 1 N–H and O–H groups in total. The molecule has 0 bridgehead atoms. The molecule has 1 aliphatic heterocycles. The first kappa shape index (κ1) is 23.2. The zero-order valence-electron chi connectivity index (χ0n) is 16.9. The topological polar surface area (TPSA) is 49.7 Å². The summed E-state index contributed by atoms with van der Waals surface area (Å²) in [5.41, 5.74) is 3.49. The molecule has 30 heavy (non-hydrogen) atoms. The molecule has 0 fully saturated rings. The van der Waals surface area contributed by atoms with Gasteiger partial charge in [0.1, 0.15) is 0 Å². The number of halogens is 3. The predicted molar refractivity (Wildman–Crippen MR) is 149 cm³/mol. The molecule has 2 aromatic rings. The van der Waals surface area contributed by atoms with E-state index >= 15 is 0 Å². The maximum atomic E-state index is 12.4. The second-order valence-corrected chi connectivity index (χ2v) is 20.0. The second-order valence-electron chi connectivity index (χ2n) is 8.16. The van der Waals surface area contributed by atoms with E-state index in [2.05, 4.69) is 88.8 Å². The van der Waals surface area contributed by atoms with Crippen molar-refractivity contribution in [2.75, 3.05) is 0 Å². The van der Waals surface area contributed by atoms with Gasteiger partial charge in [0.2, 0.25) is 0 Å². The van der Waals surface area contributed by atoms with Crippen LogP contribution in [0.25, 0.3) is 10.0 Å². The van der Waals surface area contributed by atoms with E-state index in [0.29, 0.717) is 16.8 Å². The molecule has 1 aliphatic carbocycles. The van der Waals surface area contributed by atoms with Crippen molar-refractivity contribution in [3.05, 3.63) is 46.0 Å². The molecule has 1 aromatic carbocycles. The first-order valence-electron chi connectivity index (χ1n) is 9.64. The number of phenols is 1. The van der Waals surface area contributed by atoms with Crippen molar-refractivity contribution in [1.29, 1.82) is 0 Å². The number of nitrogens with zero attached hydrogens (tertiary/aromatic N) is 1. The third-order valence-electron chi connectivity index (χ3n) is 6.03. The van der Waals surface area contributed by atoms with Crippen molar-refractivity contribution in [3.63, 3.8) is 0 Å². The monoisotopic (exact) mass is 771 g/mol. The molecule has 0 unspecified atom stereocenters. The van der Waals surface area contributed by atoms with Crippen molar-refractivity contribution in [1.82, 2.24) is 0 Å². The van der Waals surface area contributed by atoms with Crippen molar-refractivity contribution >= 4 is 106 Å². The summed E-state index contributed by atoms with van der Waals surface area (Å²) in [6, 6.07) is 3.74. The maximum absolute atomic E-state index is 12.4. The summed E-state index contributed by atoms with van der Waals surface area (Å²) >= 11 is 8.73. The Balaban J connectivity index is 2.20. The van der Waals surface area contributed by atoms with Crippen LogP contribution in [0.5, 0.6) is 5.75 Å². The van der Waals surface area contributed by atoms with Gasteiger partial charge in [0.15, 0.2) is 0 Å². The number of hydrogen-bond donors (Lipinski definition) is 1. The van der Waals surface area contributed by atoms with E-state index in [1.54, 1.807) is 12.1 Å². The van der Waals surface area contributed by atoms with E-state index in [1.165, 1.54) is 15.6 Å². The fourth-order valence-electron chi connectivity index (χ4n) is 4.92. The van der Waals surface area contributed by atoms with E-state index < -0.39 is 8.07 Å². The van der Waals surface area contributed by atoms with Crippen LogP contribution < -0.4 is 5.19 Å². The number of allylic oxidation sites excluding steroid dienone is 4. The van der Waals surface area contributed by atoms with Gasteiger partial charge in [-0.25, -0.2) is 0 Å². The van der Waals surface area contributed by atoms with Gasteiger partial charge in [0.25, 0.3) is 0 Å². The molecule has 156 valence electrons. The van der Waals surface area contributed by atoms with Crippen LogP contribution in [0.4, 0.5) is 5.69 Å². The van der Waals surface area contributed by atoms with Crippen LogP contribution in [-0.2, 0) is 4.79 Å². The van der Waals surface area contributed by atoms with E-state index in [0.717, 1.165) is 26.6 Å². The van der Waals surface area contributed by atoms with Gasteiger partial charge in [-0.1, -0.05) is 0 Å². The number of aromatic hydroxyl groups is 1. The first-order chi connectivity index (χ1) is 14.1. The third-order valence-corrected chi connectivity index (χ3v) is 21.1. The molecule has 8 heteroatoms. The minimum atomic E-state index is -2.45. The molecule has 0 amide bonds. The van der Waals surface area contributed by atoms with Crippen LogP contribution in [0.2, 0.25) is 11.1 Å². The first-order valence-corrected chi connectivity index (χ1v) is 16.5. The number of ketones is 1. The van der Waals surface area contributed by atoms with Gasteiger partial charge in [0, 0.05) is 0 Å². The van der Waals surface area contributed by atoms with Crippen LogP contribution in [0.3, 0.4) is 0 Å². The number of benzene rings is 1. The number of fused-ring (bicyclic) bond motifs is 2. The number of phenolic OH excluding ortho intramolecular Hbond substituents is 1. The standard InChI is InChI=1S/C22H20BrI2NO2SeSi/c1-10(2)30(11(3)4)16-9-12(27)5-6-13(16)26-14-7-8-15(28)17(21(14)30)20-18(23)19(24)22(25)29-20/h5-11,28H,1-4H3. The van der Waals surface area contributed by atoms with E-state index in [-0.39, 0.29) is 20.3 Å². The van der Waals surface area contributed by atoms with Crippen molar-refractivity contribution < 1.29 is 9.90 Å². The van der Waals surface area contributed by atoms with Gasteiger partial charge in [-0.2, -0.15) is 0 Å². The van der Waals surface area contributed by atoms with Gasteiger partial charge in [-0.15, -0.1) is 0 Å². The van der Waals surface area contributed by atoms with Gasteiger partial charge in [-0.05, 0) is 0 Å². The molecule has 0 radical (unpaired) electrons. The van der Waals surface area contributed by atoms with Crippen molar-refractivity contribution in [3.8, 4) is 15.8 Å². The number of hydrogen-bond acceptors (Lipinski definition) is 3. The fourth-order valence-corrected chi connectivity index (χ4v) is 17.3. The Hall–Kier alpha value is -0.00364. The van der Waals surface area contributed by atoms with Crippen molar-refractivity contribution in [2.45, 2.75) is 38.8 Å². The van der Waals surface area contributed by atoms with Crippen LogP contribution >= 0.6 is 61.1 Å². The van der Waals surface area contributed by atoms with E-state index in [9.17, 15) is 9.90 Å². The molecule has 0 atom stereocenters. The average Bonchev–Trinajstić information content (AvgIpc) is 2.93. The second kappa shape index (κ2) is 8.41. The third kappa shape index (κ3) is 3.35. The molecule has 0 spiro atoms. The predicted octanol–water partition coefficient (Wildman–Crippen LogP) is 6.25.